The molecule has 1 aliphatic rings. The zero-order valence-corrected chi connectivity index (χ0v) is 16.6. The van der Waals surface area contributed by atoms with E-state index in [-0.39, 0.29) is 24.4 Å². The highest BCUT2D eigenvalue weighted by atomic mass is 35.5. The molecule has 0 radical (unpaired) electrons. The van der Waals surface area contributed by atoms with Gasteiger partial charge in [-0.3, -0.25) is 0 Å². The van der Waals surface area contributed by atoms with E-state index < -0.39 is 0 Å². The minimum Gasteiger partial charge on any atom is -0.399 e. The molecule has 3 N–H and O–H groups in total. The summed E-state index contributed by atoms with van der Waals surface area (Å²) in [6.45, 7) is 10.3. The first kappa shape index (κ1) is 19.0. The van der Waals surface area contributed by atoms with Crippen LogP contribution >= 0.6 is 11.6 Å². The lowest BCUT2D eigenvalue weighted by molar-refractivity contribution is 0.00578. The normalized spacial score (nSPS) is 19.4. The lowest BCUT2D eigenvalue weighted by Crippen LogP contribution is -2.41. The Morgan fingerprint density at radius 2 is 1.65 bits per heavy atom. The molecule has 1 fully saturated rings. The average Bonchev–Trinajstić information content (AvgIpc) is 2.80. The van der Waals surface area contributed by atoms with E-state index in [1.54, 1.807) is 12.3 Å². The molecule has 1 aliphatic heterocycles. The Hall–Kier alpha value is -1.76. The van der Waals surface area contributed by atoms with Gasteiger partial charge in [-0.05, 0) is 51.7 Å². The fraction of sp³-hybridized carbons (Fsp3) is 0.421. The lowest BCUT2D eigenvalue weighted by atomic mass is 9.78. The molecule has 2 heterocycles. The van der Waals surface area contributed by atoms with E-state index in [2.05, 4.69) is 50.1 Å². The molecule has 0 saturated carbocycles. The first-order valence-electron chi connectivity index (χ1n) is 8.73. The van der Waals surface area contributed by atoms with Gasteiger partial charge < -0.3 is 20.4 Å². The number of nitrogens with one attached hydrogen (secondary N) is 1. The van der Waals surface area contributed by atoms with Crippen LogP contribution in [0.1, 0.15) is 46.2 Å². The van der Waals surface area contributed by atoms with Crippen molar-refractivity contribution in [3.8, 4) is 0 Å². The maximum atomic E-state index is 6.10. The molecule has 0 bridgehead atoms. The summed E-state index contributed by atoms with van der Waals surface area (Å²) in [6, 6.07) is 9.87. The molecule has 0 spiro atoms. The molecular formula is C19H25BClN3O2. The highest BCUT2D eigenvalue weighted by molar-refractivity contribution is 6.62. The van der Waals surface area contributed by atoms with E-state index >= 15 is 0 Å². The van der Waals surface area contributed by atoms with E-state index in [9.17, 15) is 0 Å². The van der Waals surface area contributed by atoms with Gasteiger partial charge in [0.25, 0.3) is 0 Å². The molecule has 1 aromatic carbocycles. The van der Waals surface area contributed by atoms with Crippen molar-refractivity contribution in [1.82, 2.24) is 4.98 Å². The van der Waals surface area contributed by atoms with Gasteiger partial charge in [0.2, 0.25) is 0 Å². The number of benzene rings is 1. The van der Waals surface area contributed by atoms with Gasteiger partial charge >= 0.3 is 7.12 Å². The molecule has 5 nitrogen and oxygen atoms in total. The van der Waals surface area contributed by atoms with E-state index in [0.29, 0.717) is 16.5 Å². The predicted molar refractivity (Wildman–Crippen MR) is 108 cm³/mol. The molecule has 1 saturated heterocycles. The summed E-state index contributed by atoms with van der Waals surface area (Å²) in [5.74, 6) is 0.583. The molecule has 0 amide bonds. The number of hydrogen-bond donors (Lipinski definition) is 2. The first-order valence-corrected chi connectivity index (χ1v) is 9.10. The average molecular weight is 374 g/mol. The van der Waals surface area contributed by atoms with Crippen LogP contribution in [-0.2, 0) is 9.31 Å². The van der Waals surface area contributed by atoms with Crippen molar-refractivity contribution < 1.29 is 9.31 Å². The fourth-order valence-electron chi connectivity index (χ4n) is 2.77. The van der Waals surface area contributed by atoms with Crippen LogP contribution in [-0.4, -0.2) is 23.3 Å². The lowest BCUT2D eigenvalue weighted by Gasteiger charge is -2.32. The largest absolute Gasteiger partial charge is 0.494 e. The Kier molecular flexibility index (Phi) is 4.95. The Labute approximate surface area is 160 Å². The van der Waals surface area contributed by atoms with Crippen LogP contribution in [0.25, 0.3) is 0 Å². The van der Waals surface area contributed by atoms with Gasteiger partial charge in [0.15, 0.2) is 5.82 Å². The van der Waals surface area contributed by atoms with Crippen molar-refractivity contribution in [1.29, 1.82) is 0 Å². The van der Waals surface area contributed by atoms with E-state index in [0.717, 1.165) is 11.0 Å². The zero-order valence-electron chi connectivity index (χ0n) is 15.8. The third-order valence-corrected chi connectivity index (χ3v) is 5.58. The monoisotopic (exact) mass is 373 g/mol. The third-order valence-electron chi connectivity index (χ3n) is 5.25. The molecule has 0 unspecified atom stereocenters. The summed E-state index contributed by atoms with van der Waals surface area (Å²) in [5.41, 5.74) is 7.84. The summed E-state index contributed by atoms with van der Waals surface area (Å²) in [6.07, 6.45) is 1.63. The minimum absolute atomic E-state index is 0.0237. The Morgan fingerprint density at radius 1 is 1.08 bits per heavy atom. The molecule has 1 aromatic heterocycles. The van der Waals surface area contributed by atoms with Crippen molar-refractivity contribution in [2.75, 3.05) is 11.1 Å². The quantitative estimate of drug-likeness (QED) is 0.798. The molecule has 0 aliphatic carbocycles. The SMILES string of the molecule is C[C@@H](Nc1nccc(Cl)c1N)c1ccc(B2OC(C)(C)C(C)(C)O2)cc1. The standard InChI is InChI=1S/C19H25BClN3O2/c1-12(24-17-16(22)15(21)10-11-23-17)13-6-8-14(9-7-13)20-25-18(2,3)19(4,5)26-20/h6-12H,22H2,1-5H3,(H,23,24)/t12-/m1/s1. The summed E-state index contributed by atoms with van der Waals surface area (Å²) < 4.78 is 12.2. The first-order chi connectivity index (χ1) is 12.1. The second-order valence-electron chi connectivity index (χ2n) is 7.68. The van der Waals surface area contributed by atoms with Gasteiger partial charge in [0.1, 0.15) is 0 Å². The number of aromatic nitrogens is 1. The fourth-order valence-corrected chi connectivity index (χ4v) is 2.92. The van der Waals surface area contributed by atoms with E-state index in [1.165, 1.54) is 0 Å². The van der Waals surface area contributed by atoms with Gasteiger partial charge in [-0.25, -0.2) is 4.98 Å². The van der Waals surface area contributed by atoms with Gasteiger partial charge in [-0.15, -0.1) is 0 Å². The highest BCUT2D eigenvalue weighted by Gasteiger charge is 2.51. The maximum absolute atomic E-state index is 6.10. The van der Waals surface area contributed by atoms with Gasteiger partial charge in [-0.2, -0.15) is 0 Å². The Balaban J connectivity index is 1.73. The van der Waals surface area contributed by atoms with Crippen molar-refractivity contribution in [3.63, 3.8) is 0 Å². The van der Waals surface area contributed by atoms with Crippen molar-refractivity contribution in [3.05, 3.63) is 47.1 Å². The van der Waals surface area contributed by atoms with Crippen LogP contribution in [0.4, 0.5) is 11.5 Å². The van der Waals surface area contributed by atoms with Crippen molar-refractivity contribution in [2.45, 2.75) is 51.9 Å². The molecule has 138 valence electrons. The van der Waals surface area contributed by atoms with E-state index in [4.69, 9.17) is 26.6 Å². The van der Waals surface area contributed by atoms with Crippen LogP contribution in [0.2, 0.25) is 5.02 Å². The zero-order chi connectivity index (χ0) is 19.1. The van der Waals surface area contributed by atoms with Gasteiger partial charge in [-0.1, -0.05) is 35.9 Å². The van der Waals surface area contributed by atoms with Gasteiger partial charge in [0.05, 0.1) is 28.0 Å². The number of halogens is 1. The van der Waals surface area contributed by atoms with Gasteiger partial charge in [0, 0.05) is 6.20 Å². The molecule has 26 heavy (non-hydrogen) atoms. The molecular weight excluding hydrogens is 348 g/mol. The maximum Gasteiger partial charge on any atom is 0.494 e. The van der Waals surface area contributed by atoms with Crippen LogP contribution in [0.3, 0.4) is 0 Å². The number of rotatable bonds is 4. The highest BCUT2D eigenvalue weighted by Crippen LogP contribution is 2.36. The summed E-state index contributed by atoms with van der Waals surface area (Å²) >= 11 is 6.05. The van der Waals surface area contributed by atoms with Crippen LogP contribution in [0.5, 0.6) is 0 Å². The number of nitrogens with zero attached hydrogens (tertiary/aromatic N) is 1. The number of anilines is 2. The topological polar surface area (TPSA) is 69.4 Å². The Morgan fingerprint density at radius 3 is 2.23 bits per heavy atom. The van der Waals surface area contributed by atoms with Crippen LogP contribution in [0.15, 0.2) is 36.5 Å². The summed E-state index contributed by atoms with van der Waals surface area (Å²) in [5, 5.41) is 3.79. The van der Waals surface area contributed by atoms with Crippen LogP contribution < -0.4 is 16.5 Å². The smallest absolute Gasteiger partial charge is 0.399 e. The summed E-state index contributed by atoms with van der Waals surface area (Å²) in [7, 11) is -0.359. The minimum atomic E-state index is -0.359. The number of hydrogen-bond acceptors (Lipinski definition) is 5. The molecule has 7 heteroatoms. The number of nitrogen functional groups attached to an aromatic ring is 1. The van der Waals surface area contributed by atoms with Crippen molar-refractivity contribution in [2.24, 2.45) is 0 Å². The third kappa shape index (κ3) is 3.54. The van der Waals surface area contributed by atoms with Crippen LogP contribution in [0, 0.1) is 0 Å². The molecule has 3 rings (SSSR count). The Bertz CT molecular complexity index is 780. The molecule has 1 atom stereocenters. The second-order valence-corrected chi connectivity index (χ2v) is 8.08. The number of pyridine rings is 1. The molecule has 2 aromatic rings. The van der Waals surface area contributed by atoms with E-state index in [1.807, 2.05) is 19.1 Å². The summed E-state index contributed by atoms with van der Waals surface area (Å²) in [4.78, 5) is 4.26. The predicted octanol–water partition coefficient (Wildman–Crippen LogP) is 3.79. The van der Waals surface area contributed by atoms with Crippen molar-refractivity contribution >= 4 is 35.7 Å². The second kappa shape index (κ2) is 6.76. The number of nitrogens with two attached hydrogens (primary N) is 1.